The summed E-state index contributed by atoms with van der Waals surface area (Å²) in [5, 5.41) is 3.80. The summed E-state index contributed by atoms with van der Waals surface area (Å²) in [6.07, 6.45) is 0. The number of rotatable bonds is 2. The van der Waals surface area contributed by atoms with Crippen molar-refractivity contribution in [2.24, 2.45) is 0 Å². The molecule has 0 aliphatic heterocycles. The molecular formula is C13H13BrN2OS. The number of carbonyl (C=O) groups excluding carboxylic acids is 1. The minimum Gasteiger partial charge on any atom is -0.321 e. The standard InChI is InChI=1S/C13H13BrN2OS/c1-7-4-10(14)6-11(5-7)16-13(17)12-8(2)15-9(3)18-12/h4-6H,1-3H3,(H,16,17). The van der Waals surface area contributed by atoms with Gasteiger partial charge in [0.05, 0.1) is 10.7 Å². The van der Waals surface area contributed by atoms with Crippen molar-refractivity contribution in [2.75, 3.05) is 5.32 Å². The number of thiazole rings is 1. The Hall–Kier alpha value is -1.20. The van der Waals surface area contributed by atoms with E-state index in [0.29, 0.717) is 4.88 Å². The van der Waals surface area contributed by atoms with Gasteiger partial charge in [-0.05, 0) is 44.5 Å². The Bertz CT molecular complexity index is 587. The van der Waals surface area contributed by atoms with Crippen molar-refractivity contribution in [3.8, 4) is 0 Å². The fourth-order valence-corrected chi connectivity index (χ4v) is 3.16. The predicted octanol–water partition coefficient (Wildman–Crippen LogP) is 4.08. The SMILES string of the molecule is Cc1cc(Br)cc(NC(=O)c2sc(C)nc2C)c1. The second kappa shape index (κ2) is 5.20. The summed E-state index contributed by atoms with van der Waals surface area (Å²) in [5.74, 6) is -0.101. The van der Waals surface area contributed by atoms with Gasteiger partial charge in [-0.15, -0.1) is 11.3 Å². The number of hydrogen-bond donors (Lipinski definition) is 1. The summed E-state index contributed by atoms with van der Waals surface area (Å²) in [5.41, 5.74) is 2.66. The zero-order valence-corrected chi connectivity index (χ0v) is 12.8. The van der Waals surface area contributed by atoms with E-state index < -0.39 is 0 Å². The van der Waals surface area contributed by atoms with Gasteiger partial charge in [-0.3, -0.25) is 4.79 Å². The van der Waals surface area contributed by atoms with Gasteiger partial charge in [-0.2, -0.15) is 0 Å². The van der Waals surface area contributed by atoms with Crippen LogP contribution in [0, 0.1) is 20.8 Å². The summed E-state index contributed by atoms with van der Waals surface area (Å²) in [4.78, 5) is 17.0. The van der Waals surface area contributed by atoms with E-state index in [-0.39, 0.29) is 5.91 Å². The first-order chi connectivity index (χ1) is 8.45. The number of amides is 1. The molecule has 0 aliphatic rings. The zero-order valence-electron chi connectivity index (χ0n) is 10.4. The fraction of sp³-hybridized carbons (Fsp3) is 0.231. The third kappa shape index (κ3) is 2.97. The second-order valence-corrected chi connectivity index (χ2v) is 6.24. The molecule has 18 heavy (non-hydrogen) atoms. The molecule has 0 aliphatic carbocycles. The summed E-state index contributed by atoms with van der Waals surface area (Å²) >= 11 is 4.83. The van der Waals surface area contributed by atoms with Crippen LogP contribution in [0.2, 0.25) is 0 Å². The van der Waals surface area contributed by atoms with Crippen molar-refractivity contribution < 1.29 is 4.79 Å². The Morgan fingerprint density at radius 3 is 2.56 bits per heavy atom. The van der Waals surface area contributed by atoms with Gasteiger partial charge in [-0.25, -0.2) is 4.98 Å². The average Bonchev–Trinajstić information content (AvgIpc) is 2.56. The van der Waals surface area contributed by atoms with Crippen LogP contribution in [0.1, 0.15) is 25.9 Å². The normalized spacial score (nSPS) is 10.4. The fourth-order valence-electron chi connectivity index (χ4n) is 1.74. The van der Waals surface area contributed by atoms with Gasteiger partial charge in [0.1, 0.15) is 4.88 Å². The van der Waals surface area contributed by atoms with Crippen LogP contribution in [0.5, 0.6) is 0 Å². The number of aryl methyl sites for hydroxylation is 3. The maximum absolute atomic E-state index is 12.1. The number of aromatic nitrogens is 1. The van der Waals surface area contributed by atoms with E-state index in [1.54, 1.807) is 0 Å². The zero-order chi connectivity index (χ0) is 13.3. The van der Waals surface area contributed by atoms with Crippen molar-refractivity contribution in [1.82, 2.24) is 4.98 Å². The van der Waals surface area contributed by atoms with E-state index in [9.17, 15) is 4.79 Å². The van der Waals surface area contributed by atoms with Crippen molar-refractivity contribution in [3.05, 3.63) is 43.8 Å². The summed E-state index contributed by atoms with van der Waals surface area (Å²) in [6, 6.07) is 5.82. The Morgan fingerprint density at radius 2 is 2.00 bits per heavy atom. The van der Waals surface area contributed by atoms with Crippen LogP contribution >= 0.6 is 27.3 Å². The van der Waals surface area contributed by atoms with Gasteiger partial charge >= 0.3 is 0 Å². The Labute approximate surface area is 118 Å². The highest BCUT2D eigenvalue weighted by Gasteiger charge is 2.14. The number of carbonyl (C=O) groups is 1. The lowest BCUT2D eigenvalue weighted by atomic mass is 10.2. The molecule has 0 unspecified atom stereocenters. The van der Waals surface area contributed by atoms with Crippen LogP contribution < -0.4 is 5.32 Å². The molecule has 1 amide bonds. The van der Waals surface area contributed by atoms with Crippen molar-refractivity contribution in [1.29, 1.82) is 0 Å². The molecule has 3 nitrogen and oxygen atoms in total. The first-order valence-corrected chi connectivity index (χ1v) is 7.09. The molecule has 1 heterocycles. The van der Waals surface area contributed by atoms with Crippen molar-refractivity contribution >= 4 is 38.9 Å². The molecule has 0 spiro atoms. The maximum atomic E-state index is 12.1. The molecule has 5 heteroatoms. The second-order valence-electron chi connectivity index (χ2n) is 4.12. The van der Waals surface area contributed by atoms with E-state index in [0.717, 1.165) is 26.4 Å². The first kappa shape index (κ1) is 13.2. The number of anilines is 1. The lowest BCUT2D eigenvalue weighted by Crippen LogP contribution is -2.11. The highest BCUT2D eigenvalue weighted by atomic mass is 79.9. The number of halogens is 1. The largest absolute Gasteiger partial charge is 0.321 e. The molecule has 0 saturated heterocycles. The number of nitrogens with zero attached hydrogens (tertiary/aromatic N) is 1. The Morgan fingerprint density at radius 1 is 1.28 bits per heavy atom. The molecule has 0 bridgehead atoms. The molecule has 0 saturated carbocycles. The highest BCUT2D eigenvalue weighted by molar-refractivity contribution is 9.10. The van der Waals surface area contributed by atoms with Gasteiger partial charge in [0.15, 0.2) is 0 Å². The number of hydrogen-bond acceptors (Lipinski definition) is 3. The van der Waals surface area contributed by atoms with Crippen LogP contribution in [-0.2, 0) is 0 Å². The minimum absolute atomic E-state index is 0.101. The summed E-state index contributed by atoms with van der Waals surface area (Å²) in [7, 11) is 0. The Balaban J connectivity index is 2.23. The number of nitrogens with one attached hydrogen (secondary N) is 1. The highest BCUT2D eigenvalue weighted by Crippen LogP contribution is 2.22. The van der Waals surface area contributed by atoms with E-state index in [1.165, 1.54) is 11.3 Å². The molecule has 1 N–H and O–H groups in total. The van der Waals surface area contributed by atoms with E-state index in [4.69, 9.17) is 0 Å². The molecule has 0 atom stereocenters. The molecule has 2 aromatic rings. The van der Waals surface area contributed by atoms with E-state index in [2.05, 4.69) is 26.2 Å². The van der Waals surface area contributed by atoms with Crippen LogP contribution in [0.3, 0.4) is 0 Å². The van der Waals surface area contributed by atoms with Gasteiger partial charge < -0.3 is 5.32 Å². The molecule has 1 aromatic carbocycles. The molecule has 0 radical (unpaired) electrons. The van der Waals surface area contributed by atoms with Gasteiger partial charge in [0.25, 0.3) is 5.91 Å². The van der Waals surface area contributed by atoms with Gasteiger partial charge in [-0.1, -0.05) is 15.9 Å². The average molecular weight is 325 g/mol. The first-order valence-electron chi connectivity index (χ1n) is 5.48. The van der Waals surface area contributed by atoms with Crippen molar-refractivity contribution in [2.45, 2.75) is 20.8 Å². The van der Waals surface area contributed by atoms with Gasteiger partial charge in [0, 0.05) is 10.2 Å². The third-order valence-corrected chi connectivity index (χ3v) is 3.94. The third-order valence-electron chi connectivity index (χ3n) is 2.41. The molecule has 2 rings (SSSR count). The monoisotopic (exact) mass is 324 g/mol. The Kier molecular flexibility index (Phi) is 3.82. The molecular weight excluding hydrogens is 312 g/mol. The number of benzene rings is 1. The minimum atomic E-state index is -0.101. The van der Waals surface area contributed by atoms with E-state index in [1.807, 2.05) is 39.0 Å². The molecule has 1 aromatic heterocycles. The quantitative estimate of drug-likeness (QED) is 0.904. The van der Waals surface area contributed by atoms with Crippen LogP contribution in [0.15, 0.2) is 22.7 Å². The lowest BCUT2D eigenvalue weighted by Gasteiger charge is -2.06. The molecule has 0 fully saturated rings. The van der Waals surface area contributed by atoms with Crippen LogP contribution in [0.4, 0.5) is 5.69 Å². The summed E-state index contributed by atoms with van der Waals surface area (Å²) < 4.78 is 0.954. The molecule has 94 valence electrons. The van der Waals surface area contributed by atoms with Crippen molar-refractivity contribution in [3.63, 3.8) is 0 Å². The van der Waals surface area contributed by atoms with E-state index >= 15 is 0 Å². The maximum Gasteiger partial charge on any atom is 0.267 e. The predicted molar refractivity (Wildman–Crippen MR) is 78.4 cm³/mol. The summed E-state index contributed by atoms with van der Waals surface area (Å²) in [6.45, 7) is 5.74. The van der Waals surface area contributed by atoms with Crippen LogP contribution in [0.25, 0.3) is 0 Å². The topological polar surface area (TPSA) is 42.0 Å². The lowest BCUT2D eigenvalue weighted by molar-refractivity contribution is 0.103. The van der Waals surface area contributed by atoms with Gasteiger partial charge in [0.2, 0.25) is 0 Å². The van der Waals surface area contributed by atoms with Crippen LogP contribution in [-0.4, -0.2) is 10.9 Å². The smallest absolute Gasteiger partial charge is 0.267 e.